The number of hydrogen-bond acceptors (Lipinski definition) is 4. The van der Waals surface area contributed by atoms with Gasteiger partial charge in [0.05, 0.1) is 16.7 Å². The number of nitrogens with zero attached hydrogens (tertiary/aromatic N) is 2. The minimum atomic E-state index is -2.90. The van der Waals surface area contributed by atoms with E-state index in [1.54, 1.807) is 6.92 Å². The van der Waals surface area contributed by atoms with Crippen LogP contribution in [-0.2, 0) is 9.84 Å². The molecular formula is C11H15BrN2O2S. The highest BCUT2D eigenvalue weighted by Crippen LogP contribution is 2.22. The van der Waals surface area contributed by atoms with Gasteiger partial charge in [-0.05, 0) is 41.9 Å². The second-order valence-electron chi connectivity index (χ2n) is 4.36. The van der Waals surface area contributed by atoms with E-state index < -0.39 is 9.84 Å². The van der Waals surface area contributed by atoms with Gasteiger partial charge in [-0.25, -0.2) is 13.4 Å². The fraction of sp³-hybridized carbons (Fsp3) is 0.545. The molecule has 0 radical (unpaired) electrons. The highest BCUT2D eigenvalue weighted by Gasteiger charge is 2.29. The van der Waals surface area contributed by atoms with Crippen LogP contribution in [0, 0.1) is 6.92 Å². The maximum absolute atomic E-state index is 11.6. The number of aryl methyl sites for hydroxylation is 1. The average molecular weight is 319 g/mol. The number of pyridine rings is 1. The Balaban J connectivity index is 2.22. The van der Waals surface area contributed by atoms with Gasteiger partial charge < -0.3 is 4.90 Å². The number of hydrogen-bond donors (Lipinski definition) is 0. The first-order valence-corrected chi connectivity index (χ1v) is 8.00. The van der Waals surface area contributed by atoms with E-state index in [0.29, 0.717) is 13.1 Å². The summed E-state index contributed by atoms with van der Waals surface area (Å²) < 4.78 is 24.2. The summed E-state index contributed by atoms with van der Waals surface area (Å²) in [4.78, 5) is 6.50. The number of anilines is 1. The third-order valence-electron chi connectivity index (χ3n) is 3.07. The molecule has 0 bridgehead atoms. The quantitative estimate of drug-likeness (QED) is 0.792. The predicted octanol–water partition coefficient (Wildman–Crippen LogP) is 1.78. The Kier molecular flexibility index (Phi) is 3.45. The molecule has 2 heterocycles. The van der Waals surface area contributed by atoms with Crippen LogP contribution in [0.2, 0.25) is 0 Å². The highest BCUT2D eigenvalue weighted by atomic mass is 79.9. The monoisotopic (exact) mass is 318 g/mol. The molecule has 1 unspecified atom stereocenters. The van der Waals surface area contributed by atoms with E-state index in [1.807, 2.05) is 24.0 Å². The third-order valence-corrected chi connectivity index (χ3v) is 6.03. The lowest BCUT2D eigenvalue weighted by atomic mass is 10.3. The lowest BCUT2D eigenvalue weighted by molar-refractivity contribution is 0.568. The Morgan fingerprint density at radius 3 is 2.76 bits per heavy atom. The van der Waals surface area contributed by atoms with Crippen LogP contribution in [0.4, 0.5) is 5.82 Å². The topological polar surface area (TPSA) is 50.3 Å². The van der Waals surface area contributed by atoms with Crippen molar-refractivity contribution in [2.45, 2.75) is 19.1 Å². The number of sulfone groups is 1. The van der Waals surface area contributed by atoms with Crippen molar-refractivity contribution in [3.05, 3.63) is 22.3 Å². The molecule has 1 aromatic rings. The molecule has 94 valence electrons. The number of rotatable bonds is 1. The molecule has 1 fully saturated rings. The van der Waals surface area contributed by atoms with Crippen molar-refractivity contribution < 1.29 is 8.42 Å². The van der Waals surface area contributed by atoms with E-state index in [-0.39, 0.29) is 11.0 Å². The summed E-state index contributed by atoms with van der Waals surface area (Å²) in [5, 5.41) is -0.318. The molecule has 0 aliphatic carbocycles. The lowest BCUT2D eigenvalue weighted by Crippen LogP contribution is -2.45. The van der Waals surface area contributed by atoms with Crippen LogP contribution in [-0.4, -0.2) is 37.5 Å². The second-order valence-corrected chi connectivity index (χ2v) is 7.75. The van der Waals surface area contributed by atoms with Gasteiger partial charge in [-0.15, -0.1) is 0 Å². The number of aromatic nitrogens is 1. The molecule has 6 heteroatoms. The first-order chi connectivity index (χ1) is 7.90. The van der Waals surface area contributed by atoms with Crippen LogP contribution in [0.25, 0.3) is 0 Å². The molecule has 1 aromatic heterocycles. The smallest absolute Gasteiger partial charge is 0.156 e. The van der Waals surface area contributed by atoms with Crippen LogP contribution in [0.5, 0.6) is 0 Å². The SMILES string of the molecule is Cc1nc(N2CCS(=O)(=O)C(C)C2)ccc1Br. The van der Waals surface area contributed by atoms with Crippen molar-refractivity contribution in [1.82, 2.24) is 4.98 Å². The normalized spacial score (nSPS) is 23.7. The summed E-state index contributed by atoms with van der Waals surface area (Å²) in [6, 6.07) is 3.87. The van der Waals surface area contributed by atoms with Crippen LogP contribution >= 0.6 is 15.9 Å². The standard InChI is InChI=1S/C11H15BrN2O2S/c1-8-7-14(5-6-17(8,15)16)11-4-3-10(12)9(2)13-11/h3-4,8H,5-7H2,1-2H3. The molecule has 2 rings (SSSR count). The van der Waals surface area contributed by atoms with E-state index in [4.69, 9.17) is 0 Å². The molecule has 0 amide bonds. The molecule has 0 spiro atoms. The molecule has 0 N–H and O–H groups in total. The Bertz CT molecular complexity index is 530. The van der Waals surface area contributed by atoms with Gasteiger partial charge in [-0.1, -0.05) is 0 Å². The van der Waals surface area contributed by atoms with Gasteiger partial charge in [0.15, 0.2) is 9.84 Å². The summed E-state index contributed by atoms with van der Waals surface area (Å²) in [6.45, 7) is 4.74. The summed E-state index contributed by atoms with van der Waals surface area (Å²) in [5.41, 5.74) is 0.920. The summed E-state index contributed by atoms with van der Waals surface area (Å²) in [6.07, 6.45) is 0. The van der Waals surface area contributed by atoms with Crippen LogP contribution in [0.3, 0.4) is 0 Å². The van der Waals surface area contributed by atoms with Gasteiger partial charge in [0.2, 0.25) is 0 Å². The van der Waals surface area contributed by atoms with Gasteiger partial charge in [0, 0.05) is 17.6 Å². The van der Waals surface area contributed by atoms with Gasteiger partial charge >= 0.3 is 0 Å². The predicted molar refractivity (Wildman–Crippen MR) is 72.1 cm³/mol. The first kappa shape index (κ1) is 12.8. The van der Waals surface area contributed by atoms with E-state index in [1.165, 1.54) is 0 Å². The van der Waals surface area contributed by atoms with E-state index in [0.717, 1.165) is 16.0 Å². The van der Waals surface area contributed by atoms with Gasteiger partial charge in [0.1, 0.15) is 5.82 Å². The van der Waals surface area contributed by atoms with Crippen molar-refractivity contribution in [1.29, 1.82) is 0 Å². The number of halogens is 1. The average Bonchev–Trinajstić information content (AvgIpc) is 2.26. The third kappa shape index (κ3) is 2.63. The molecule has 4 nitrogen and oxygen atoms in total. The zero-order valence-electron chi connectivity index (χ0n) is 9.85. The Morgan fingerprint density at radius 2 is 2.18 bits per heavy atom. The Morgan fingerprint density at radius 1 is 1.47 bits per heavy atom. The van der Waals surface area contributed by atoms with Crippen LogP contribution < -0.4 is 4.90 Å². The lowest BCUT2D eigenvalue weighted by Gasteiger charge is -2.31. The largest absolute Gasteiger partial charge is 0.354 e. The fourth-order valence-corrected chi connectivity index (χ4v) is 3.37. The minimum Gasteiger partial charge on any atom is -0.354 e. The van der Waals surface area contributed by atoms with Crippen molar-refractivity contribution in [2.75, 3.05) is 23.7 Å². The van der Waals surface area contributed by atoms with Crippen LogP contribution in [0.15, 0.2) is 16.6 Å². The van der Waals surface area contributed by atoms with E-state index in [9.17, 15) is 8.42 Å². The zero-order valence-corrected chi connectivity index (χ0v) is 12.3. The summed E-state index contributed by atoms with van der Waals surface area (Å²) in [7, 11) is -2.90. The second kappa shape index (κ2) is 4.57. The molecule has 0 saturated carbocycles. The Labute approximate surface area is 110 Å². The molecule has 1 aliphatic heterocycles. The van der Waals surface area contributed by atoms with Crippen molar-refractivity contribution >= 4 is 31.6 Å². The maximum Gasteiger partial charge on any atom is 0.156 e. The Hall–Kier alpha value is -0.620. The molecular weight excluding hydrogens is 304 g/mol. The maximum atomic E-state index is 11.6. The minimum absolute atomic E-state index is 0.213. The van der Waals surface area contributed by atoms with Crippen molar-refractivity contribution in [3.8, 4) is 0 Å². The molecule has 1 aliphatic rings. The van der Waals surface area contributed by atoms with Gasteiger partial charge in [-0.2, -0.15) is 0 Å². The zero-order chi connectivity index (χ0) is 12.6. The van der Waals surface area contributed by atoms with Crippen molar-refractivity contribution in [3.63, 3.8) is 0 Å². The summed E-state index contributed by atoms with van der Waals surface area (Å²) in [5.74, 6) is 1.07. The van der Waals surface area contributed by atoms with Gasteiger partial charge in [-0.3, -0.25) is 0 Å². The van der Waals surface area contributed by atoms with E-state index in [2.05, 4.69) is 20.9 Å². The van der Waals surface area contributed by atoms with E-state index >= 15 is 0 Å². The first-order valence-electron chi connectivity index (χ1n) is 5.50. The van der Waals surface area contributed by atoms with Gasteiger partial charge in [0.25, 0.3) is 0 Å². The van der Waals surface area contributed by atoms with Crippen LogP contribution in [0.1, 0.15) is 12.6 Å². The molecule has 0 aromatic carbocycles. The molecule has 1 atom stereocenters. The highest BCUT2D eigenvalue weighted by molar-refractivity contribution is 9.10. The molecule has 1 saturated heterocycles. The van der Waals surface area contributed by atoms with Crippen molar-refractivity contribution in [2.24, 2.45) is 0 Å². The molecule has 17 heavy (non-hydrogen) atoms. The fourth-order valence-electron chi connectivity index (χ4n) is 1.87. The summed E-state index contributed by atoms with van der Waals surface area (Å²) >= 11 is 3.41.